The van der Waals surface area contributed by atoms with Gasteiger partial charge in [0.15, 0.2) is 15.5 Å². The molecular weight excluding hydrogens is 448 g/mol. The molecule has 0 bridgehead atoms. The molecule has 3 heterocycles. The summed E-state index contributed by atoms with van der Waals surface area (Å²) in [5, 5.41) is 14.1. The summed E-state index contributed by atoms with van der Waals surface area (Å²) in [6.45, 7) is 2.95. The van der Waals surface area contributed by atoms with E-state index in [9.17, 15) is 13.5 Å². The second-order valence-electron chi connectivity index (χ2n) is 8.99. The zero-order valence-corrected chi connectivity index (χ0v) is 19.9. The first-order valence-electron chi connectivity index (χ1n) is 11.5. The summed E-state index contributed by atoms with van der Waals surface area (Å²) in [6, 6.07) is 15.4. The van der Waals surface area contributed by atoms with Crippen molar-refractivity contribution >= 4 is 15.5 Å². The van der Waals surface area contributed by atoms with E-state index in [-0.39, 0.29) is 11.0 Å². The number of hydrogen-bond acceptors (Lipinski definition) is 6. The van der Waals surface area contributed by atoms with Crippen molar-refractivity contribution in [3.63, 3.8) is 0 Å². The predicted molar refractivity (Wildman–Crippen MR) is 132 cm³/mol. The van der Waals surface area contributed by atoms with E-state index in [0.29, 0.717) is 5.65 Å². The molecule has 0 unspecified atom stereocenters. The molecule has 1 N–H and O–H groups in total. The number of hydrogen-bond donors (Lipinski definition) is 1. The van der Waals surface area contributed by atoms with Gasteiger partial charge in [-0.15, -0.1) is 0 Å². The molecule has 4 aromatic rings. The molecule has 0 amide bonds. The van der Waals surface area contributed by atoms with Crippen LogP contribution in [0.5, 0.6) is 0 Å². The molecule has 34 heavy (non-hydrogen) atoms. The topological polar surface area (TPSA) is 87.8 Å². The Morgan fingerprint density at radius 2 is 1.76 bits per heavy atom. The van der Waals surface area contributed by atoms with Crippen LogP contribution in [0.3, 0.4) is 0 Å². The van der Waals surface area contributed by atoms with Crippen LogP contribution >= 0.6 is 0 Å². The van der Waals surface area contributed by atoms with Gasteiger partial charge in [-0.1, -0.05) is 36.4 Å². The van der Waals surface area contributed by atoms with E-state index in [2.05, 4.69) is 39.2 Å². The van der Waals surface area contributed by atoms with Gasteiger partial charge in [-0.3, -0.25) is 0 Å². The number of rotatable bonds is 6. The molecule has 1 aliphatic rings. The number of piperidine rings is 1. The van der Waals surface area contributed by atoms with Gasteiger partial charge in [0.1, 0.15) is 0 Å². The maximum atomic E-state index is 11.9. The first kappa shape index (κ1) is 22.7. The lowest BCUT2D eigenvalue weighted by molar-refractivity contribution is 0.0832. The maximum absolute atomic E-state index is 11.9. The Kier molecular flexibility index (Phi) is 6.20. The third-order valence-corrected chi connectivity index (χ3v) is 7.60. The van der Waals surface area contributed by atoms with Crippen LogP contribution < -0.4 is 0 Å². The summed E-state index contributed by atoms with van der Waals surface area (Å²) in [6.07, 6.45) is 9.29. The SMILES string of the molecule is CS(=O)(=O)c1cccc(-c2cnn3cc(-c4ccc(CCN5CCC(O)CC5)cc4)cnc23)c1. The summed E-state index contributed by atoms with van der Waals surface area (Å²) in [7, 11) is -3.29. The van der Waals surface area contributed by atoms with Gasteiger partial charge >= 0.3 is 0 Å². The van der Waals surface area contributed by atoms with Crippen molar-refractivity contribution in [3.8, 4) is 22.3 Å². The Hall–Kier alpha value is -3.07. The van der Waals surface area contributed by atoms with Gasteiger partial charge < -0.3 is 10.0 Å². The Labute approximate surface area is 199 Å². The van der Waals surface area contributed by atoms with Gasteiger partial charge in [0, 0.05) is 49.4 Å². The quantitative estimate of drug-likeness (QED) is 0.459. The summed E-state index contributed by atoms with van der Waals surface area (Å²) in [4.78, 5) is 7.33. The van der Waals surface area contributed by atoms with Crippen LogP contribution in [-0.4, -0.2) is 65.0 Å². The number of likely N-dealkylation sites (tertiary alicyclic amines) is 1. The van der Waals surface area contributed by atoms with Crippen LogP contribution in [0.1, 0.15) is 18.4 Å². The smallest absolute Gasteiger partial charge is 0.175 e. The summed E-state index contributed by atoms with van der Waals surface area (Å²) in [5.74, 6) is 0. The number of fused-ring (bicyclic) bond motifs is 1. The van der Waals surface area contributed by atoms with Gasteiger partial charge in [0.2, 0.25) is 0 Å². The van der Waals surface area contributed by atoms with E-state index in [4.69, 9.17) is 0 Å². The maximum Gasteiger partial charge on any atom is 0.175 e. The first-order valence-corrected chi connectivity index (χ1v) is 13.4. The van der Waals surface area contributed by atoms with Gasteiger partial charge in [0.25, 0.3) is 0 Å². The standard InChI is InChI=1S/C26H28N4O3S/c1-34(32,33)24-4-2-3-21(15-24)25-17-28-30-18-22(16-27-26(25)30)20-7-5-19(6-8-20)9-12-29-13-10-23(31)11-14-29/h2-8,15-18,23,31H,9-14H2,1H3. The third kappa shape index (κ3) is 4.89. The monoisotopic (exact) mass is 476 g/mol. The lowest BCUT2D eigenvalue weighted by atomic mass is 10.0. The third-order valence-electron chi connectivity index (χ3n) is 6.49. The van der Waals surface area contributed by atoms with Crippen molar-refractivity contribution in [2.45, 2.75) is 30.3 Å². The van der Waals surface area contributed by atoms with Gasteiger partial charge in [-0.05, 0) is 48.1 Å². The fourth-order valence-electron chi connectivity index (χ4n) is 4.42. The van der Waals surface area contributed by atoms with E-state index < -0.39 is 9.84 Å². The molecule has 1 fully saturated rings. The van der Waals surface area contributed by atoms with Gasteiger partial charge in [0.05, 0.1) is 17.2 Å². The van der Waals surface area contributed by atoms with E-state index in [0.717, 1.165) is 61.2 Å². The lowest BCUT2D eigenvalue weighted by Gasteiger charge is -2.29. The Bertz CT molecular complexity index is 1410. The molecule has 0 saturated carbocycles. The van der Waals surface area contributed by atoms with Crippen molar-refractivity contribution < 1.29 is 13.5 Å². The van der Waals surface area contributed by atoms with E-state index in [1.54, 1.807) is 28.9 Å². The minimum atomic E-state index is -3.29. The van der Waals surface area contributed by atoms with E-state index in [1.807, 2.05) is 18.5 Å². The highest BCUT2D eigenvalue weighted by molar-refractivity contribution is 7.90. The highest BCUT2D eigenvalue weighted by Crippen LogP contribution is 2.27. The summed E-state index contributed by atoms with van der Waals surface area (Å²) in [5.41, 5.74) is 5.55. The van der Waals surface area contributed by atoms with Gasteiger partial charge in [-0.25, -0.2) is 17.9 Å². The average molecular weight is 477 g/mol. The minimum absolute atomic E-state index is 0.134. The largest absolute Gasteiger partial charge is 0.393 e. The van der Waals surface area contributed by atoms with Crippen molar-refractivity contribution in [2.75, 3.05) is 25.9 Å². The van der Waals surface area contributed by atoms with Crippen LogP contribution in [0, 0.1) is 0 Å². The van der Waals surface area contributed by atoms with Crippen LogP contribution in [0.4, 0.5) is 0 Å². The summed E-state index contributed by atoms with van der Waals surface area (Å²) < 4.78 is 25.6. The number of sulfone groups is 1. The number of benzene rings is 2. The van der Waals surface area contributed by atoms with Gasteiger partial charge in [-0.2, -0.15) is 5.10 Å². The molecule has 0 spiro atoms. The molecular formula is C26H28N4O3S. The lowest BCUT2D eigenvalue weighted by Crippen LogP contribution is -2.37. The molecule has 2 aromatic carbocycles. The zero-order valence-electron chi connectivity index (χ0n) is 19.1. The van der Waals surface area contributed by atoms with Crippen LogP contribution in [0.2, 0.25) is 0 Å². The molecule has 2 aromatic heterocycles. The molecule has 0 aliphatic carbocycles. The average Bonchev–Trinajstić information content (AvgIpc) is 3.27. The zero-order chi connectivity index (χ0) is 23.7. The highest BCUT2D eigenvalue weighted by Gasteiger charge is 2.16. The molecule has 7 nitrogen and oxygen atoms in total. The molecule has 176 valence electrons. The molecule has 1 saturated heterocycles. The number of aliphatic hydroxyl groups excluding tert-OH is 1. The van der Waals surface area contributed by atoms with Crippen LogP contribution in [0.15, 0.2) is 72.0 Å². The molecule has 5 rings (SSSR count). The van der Waals surface area contributed by atoms with Crippen LogP contribution in [-0.2, 0) is 16.3 Å². The Balaban J connectivity index is 1.32. The molecule has 1 aliphatic heterocycles. The fraction of sp³-hybridized carbons (Fsp3) is 0.308. The summed E-state index contributed by atoms with van der Waals surface area (Å²) >= 11 is 0. The molecule has 0 atom stereocenters. The van der Waals surface area contributed by atoms with E-state index in [1.165, 1.54) is 11.8 Å². The molecule has 0 radical (unpaired) electrons. The van der Waals surface area contributed by atoms with E-state index >= 15 is 0 Å². The highest BCUT2D eigenvalue weighted by atomic mass is 32.2. The van der Waals surface area contributed by atoms with Crippen molar-refractivity contribution in [1.29, 1.82) is 0 Å². The number of nitrogens with zero attached hydrogens (tertiary/aromatic N) is 4. The predicted octanol–water partition coefficient (Wildman–Crippen LogP) is 3.47. The fourth-order valence-corrected chi connectivity index (χ4v) is 5.08. The van der Waals surface area contributed by atoms with Crippen molar-refractivity contribution in [1.82, 2.24) is 19.5 Å². The second-order valence-corrected chi connectivity index (χ2v) is 11.0. The normalized spacial score (nSPS) is 15.7. The molecule has 8 heteroatoms. The Morgan fingerprint density at radius 1 is 1.00 bits per heavy atom. The van der Waals surface area contributed by atoms with Crippen molar-refractivity contribution in [2.24, 2.45) is 0 Å². The first-order chi connectivity index (χ1) is 16.4. The minimum Gasteiger partial charge on any atom is -0.393 e. The number of aromatic nitrogens is 3. The van der Waals surface area contributed by atoms with Crippen molar-refractivity contribution in [3.05, 3.63) is 72.7 Å². The second kappa shape index (κ2) is 9.29. The Morgan fingerprint density at radius 3 is 2.50 bits per heavy atom. The van der Waals surface area contributed by atoms with Crippen LogP contribution in [0.25, 0.3) is 27.9 Å². The number of aliphatic hydroxyl groups is 1.